The molecule has 0 radical (unpaired) electrons. The molecule has 3 aromatic rings. The fraction of sp³-hybridized carbons (Fsp3) is 0.300. The Labute approximate surface area is 179 Å². The zero-order valence-corrected chi connectivity index (χ0v) is 18.0. The van der Waals surface area contributed by atoms with Crippen LogP contribution in [0.4, 0.5) is 5.69 Å². The van der Waals surface area contributed by atoms with Gasteiger partial charge in [-0.1, -0.05) is 17.7 Å². The smallest absolute Gasteiger partial charge is 0.245 e. The Bertz CT molecular complexity index is 1190. The van der Waals surface area contributed by atoms with Crippen LogP contribution in [0.25, 0.3) is 11.0 Å². The van der Waals surface area contributed by atoms with Gasteiger partial charge in [-0.3, -0.25) is 9.69 Å². The Kier molecular flexibility index (Phi) is 5.79. The van der Waals surface area contributed by atoms with Crippen molar-refractivity contribution in [2.75, 3.05) is 38.0 Å². The van der Waals surface area contributed by atoms with Crippen LogP contribution < -0.4 is 5.32 Å². The minimum Gasteiger partial charge on any atom is -0.345 e. The number of anilines is 1. The summed E-state index contributed by atoms with van der Waals surface area (Å²) in [6.45, 7) is 3.67. The van der Waals surface area contributed by atoms with Crippen molar-refractivity contribution in [3.63, 3.8) is 0 Å². The summed E-state index contributed by atoms with van der Waals surface area (Å²) in [6, 6.07) is 8.83. The number of amides is 1. The average molecular weight is 448 g/mol. The first kappa shape index (κ1) is 20.8. The highest BCUT2D eigenvalue weighted by Gasteiger charge is 2.31. The molecule has 1 aliphatic rings. The maximum Gasteiger partial charge on any atom is 0.245 e. The van der Waals surface area contributed by atoms with Crippen LogP contribution in [0, 0.1) is 6.92 Å². The third kappa shape index (κ3) is 4.20. The van der Waals surface area contributed by atoms with Gasteiger partial charge in [-0.15, -0.1) is 0 Å². The van der Waals surface area contributed by atoms with Crippen molar-refractivity contribution in [3.8, 4) is 0 Å². The van der Waals surface area contributed by atoms with Crippen LogP contribution in [-0.2, 0) is 14.8 Å². The molecule has 4 rings (SSSR count). The Morgan fingerprint density at radius 1 is 1.23 bits per heavy atom. The van der Waals surface area contributed by atoms with Gasteiger partial charge in [0, 0.05) is 54.7 Å². The van der Waals surface area contributed by atoms with Crippen molar-refractivity contribution >= 4 is 44.3 Å². The van der Waals surface area contributed by atoms with Crippen molar-refractivity contribution in [2.45, 2.75) is 11.8 Å². The highest BCUT2D eigenvalue weighted by molar-refractivity contribution is 7.89. The summed E-state index contributed by atoms with van der Waals surface area (Å²) in [7, 11) is -3.63. The molecule has 1 aromatic carbocycles. The number of nitrogens with zero attached hydrogens (tertiary/aromatic N) is 3. The van der Waals surface area contributed by atoms with Gasteiger partial charge in [0.15, 0.2) is 0 Å². The fourth-order valence-electron chi connectivity index (χ4n) is 3.49. The molecular weight excluding hydrogens is 426 g/mol. The van der Waals surface area contributed by atoms with E-state index in [1.807, 2.05) is 17.9 Å². The number of carbonyl (C=O) groups excluding carboxylic acids is 1. The van der Waals surface area contributed by atoms with E-state index in [-0.39, 0.29) is 17.3 Å². The topological polar surface area (TPSA) is 98.4 Å². The number of hydrogen-bond acceptors (Lipinski definition) is 5. The van der Waals surface area contributed by atoms with E-state index >= 15 is 0 Å². The molecule has 0 spiro atoms. The summed E-state index contributed by atoms with van der Waals surface area (Å²) >= 11 is 6.10. The molecule has 1 saturated heterocycles. The second-order valence-corrected chi connectivity index (χ2v) is 9.56. The van der Waals surface area contributed by atoms with E-state index in [4.69, 9.17) is 11.6 Å². The SMILES string of the molecule is Cc1ccc(NC(=O)CN2CCN(S(=O)(=O)c3c[nH]c4ncccc34)CC2)cc1Cl. The molecule has 0 unspecified atom stereocenters. The zero-order valence-electron chi connectivity index (χ0n) is 16.4. The normalized spacial score (nSPS) is 16.1. The summed E-state index contributed by atoms with van der Waals surface area (Å²) in [4.78, 5) is 21.6. The van der Waals surface area contributed by atoms with Crippen LogP contribution >= 0.6 is 11.6 Å². The first-order valence-electron chi connectivity index (χ1n) is 9.55. The van der Waals surface area contributed by atoms with Crippen LogP contribution in [0.15, 0.2) is 47.6 Å². The zero-order chi connectivity index (χ0) is 21.3. The summed E-state index contributed by atoms with van der Waals surface area (Å²) in [5, 5.41) is 4.01. The highest BCUT2D eigenvalue weighted by atomic mass is 35.5. The third-order valence-electron chi connectivity index (χ3n) is 5.19. The van der Waals surface area contributed by atoms with Gasteiger partial charge in [0.25, 0.3) is 0 Å². The van der Waals surface area contributed by atoms with Gasteiger partial charge < -0.3 is 10.3 Å². The number of carbonyl (C=O) groups is 1. The van der Waals surface area contributed by atoms with E-state index in [0.717, 1.165) is 5.56 Å². The van der Waals surface area contributed by atoms with Gasteiger partial charge in [0.05, 0.1) is 6.54 Å². The quantitative estimate of drug-likeness (QED) is 0.626. The molecule has 1 aliphatic heterocycles. The predicted octanol–water partition coefficient (Wildman–Crippen LogP) is 2.47. The molecule has 0 atom stereocenters. The minimum absolute atomic E-state index is 0.158. The summed E-state index contributed by atoms with van der Waals surface area (Å²) in [5.74, 6) is -0.158. The number of aromatic amines is 1. The van der Waals surface area contributed by atoms with Gasteiger partial charge in [-0.05, 0) is 36.8 Å². The Hall–Kier alpha value is -2.46. The molecule has 0 bridgehead atoms. The molecule has 30 heavy (non-hydrogen) atoms. The number of nitrogens with one attached hydrogen (secondary N) is 2. The minimum atomic E-state index is -3.63. The van der Waals surface area contributed by atoms with Crippen LogP contribution in [0.2, 0.25) is 5.02 Å². The number of sulfonamides is 1. The molecule has 0 aliphatic carbocycles. The largest absolute Gasteiger partial charge is 0.345 e. The lowest BCUT2D eigenvalue weighted by atomic mass is 10.2. The maximum atomic E-state index is 13.1. The summed E-state index contributed by atoms with van der Waals surface area (Å²) in [5.41, 5.74) is 2.13. The Morgan fingerprint density at radius 3 is 2.73 bits per heavy atom. The van der Waals surface area contributed by atoms with Crippen LogP contribution in [0.3, 0.4) is 0 Å². The van der Waals surface area contributed by atoms with Crippen molar-refractivity contribution in [1.82, 2.24) is 19.2 Å². The number of aromatic nitrogens is 2. The van der Waals surface area contributed by atoms with Gasteiger partial charge in [-0.2, -0.15) is 4.31 Å². The Balaban J connectivity index is 1.36. The number of fused-ring (bicyclic) bond motifs is 1. The summed E-state index contributed by atoms with van der Waals surface area (Å²) < 4.78 is 27.6. The molecule has 10 heteroatoms. The van der Waals surface area contributed by atoms with E-state index in [1.54, 1.807) is 30.5 Å². The van der Waals surface area contributed by atoms with Gasteiger partial charge >= 0.3 is 0 Å². The molecule has 1 amide bonds. The van der Waals surface area contributed by atoms with Crippen LogP contribution in [0.1, 0.15) is 5.56 Å². The third-order valence-corrected chi connectivity index (χ3v) is 7.53. The molecule has 158 valence electrons. The van der Waals surface area contributed by atoms with E-state index in [2.05, 4.69) is 15.3 Å². The number of aryl methyl sites for hydroxylation is 1. The standard InChI is InChI=1S/C20H22ClN5O3S/c1-14-4-5-15(11-17(14)21)24-19(27)13-25-7-9-26(10-8-25)30(28,29)18-12-23-20-16(18)3-2-6-22-20/h2-6,11-12H,7-10,13H2,1H3,(H,22,23)(H,24,27). The lowest BCUT2D eigenvalue weighted by Crippen LogP contribution is -2.50. The van der Waals surface area contributed by atoms with E-state index < -0.39 is 10.0 Å². The van der Waals surface area contributed by atoms with Crippen molar-refractivity contribution < 1.29 is 13.2 Å². The van der Waals surface area contributed by atoms with Crippen molar-refractivity contribution in [2.24, 2.45) is 0 Å². The van der Waals surface area contributed by atoms with Gasteiger partial charge in [-0.25, -0.2) is 13.4 Å². The fourth-order valence-corrected chi connectivity index (χ4v) is 5.24. The maximum absolute atomic E-state index is 13.1. The van der Waals surface area contributed by atoms with Crippen molar-refractivity contribution in [3.05, 3.63) is 53.3 Å². The van der Waals surface area contributed by atoms with E-state index in [1.165, 1.54) is 10.5 Å². The number of benzene rings is 1. The number of halogens is 1. The first-order valence-corrected chi connectivity index (χ1v) is 11.4. The number of rotatable bonds is 5. The lowest BCUT2D eigenvalue weighted by Gasteiger charge is -2.33. The highest BCUT2D eigenvalue weighted by Crippen LogP contribution is 2.25. The second kappa shape index (κ2) is 8.35. The molecule has 1 fully saturated rings. The van der Waals surface area contributed by atoms with E-state index in [0.29, 0.717) is 47.9 Å². The molecule has 3 heterocycles. The number of piperazine rings is 1. The predicted molar refractivity (Wildman–Crippen MR) is 116 cm³/mol. The molecular formula is C20H22ClN5O3S. The van der Waals surface area contributed by atoms with E-state index in [9.17, 15) is 13.2 Å². The van der Waals surface area contributed by atoms with Crippen LogP contribution in [-0.4, -0.2) is 66.2 Å². The molecule has 8 nitrogen and oxygen atoms in total. The van der Waals surface area contributed by atoms with Crippen LogP contribution in [0.5, 0.6) is 0 Å². The van der Waals surface area contributed by atoms with Crippen molar-refractivity contribution in [1.29, 1.82) is 0 Å². The molecule has 0 saturated carbocycles. The molecule has 2 aromatic heterocycles. The first-order chi connectivity index (χ1) is 14.3. The lowest BCUT2D eigenvalue weighted by molar-refractivity contribution is -0.117. The monoisotopic (exact) mass is 447 g/mol. The number of H-pyrrole nitrogens is 1. The average Bonchev–Trinajstić information content (AvgIpc) is 3.16. The second-order valence-electron chi connectivity index (χ2n) is 7.24. The summed E-state index contributed by atoms with van der Waals surface area (Å²) in [6.07, 6.45) is 3.10. The molecule has 2 N–H and O–H groups in total. The number of pyridine rings is 1. The van der Waals surface area contributed by atoms with Gasteiger partial charge in [0.1, 0.15) is 10.5 Å². The Morgan fingerprint density at radius 2 is 2.00 bits per heavy atom. The van der Waals surface area contributed by atoms with Gasteiger partial charge in [0.2, 0.25) is 15.9 Å². The number of hydrogen-bond donors (Lipinski definition) is 2.